The van der Waals surface area contributed by atoms with Gasteiger partial charge in [0.05, 0.1) is 25.7 Å². The molecule has 116 valence electrons. The number of likely N-dealkylation sites (N-methyl/N-ethyl adjacent to an activating group) is 1. The van der Waals surface area contributed by atoms with Crippen molar-refractivity contribution in [1.29, 1.82) is 0 Å². The second-order valence-corrected chi connectivity index (χ2v) is 5.28. The van der Waals surface area contributed by atoms with Crippen molar-refractivity contribution in [3.8, 4) is 0 Å². The Morgan fingerprint density at radius 1 is 1.38 bits per heavy atom. The fourth-order valence-electron chi connectivity index (χ4n) is 2.69. The van der Waals surface area contributed by atoms with Crippen molar-refractivity contribution in [2.24, 2.45) is 5.92 Å². The molecular formula is C16H24N2O3. The van der Waals surface area contributed by atoms with Gasteiger partial charge in [-0.2, -0.15) is 0 Å². The molecule has 0 aromatic heterocycles. The highest BCUT2D eigenvalue weighted by atomic mass is 16.5. The Kier molecular flexibility index (Phi) is 6.17. The van der Waals surface area contributed by atoms with E-state index in [1.807, 2.05) is 37.3 Å². The Morgan fingerprint density at radius 3 is 2.81 bits per heavy atom. The summed E-state index contributed by atoms with van der Waals surface area (Å²) >= 11 is 0. The van der Waals surface area contributed by atoms with E-state index in [2.05, 4.69) is 5.32 Å². The summed E-state index contributed by atoms with van der Waals surface area (Å²) in [5.74, 6) is -0.114. The van der Waals surface area contributed by atoms with Gasteiger partial charge < -0.3 is 20.1 Å². The molecule has 1 fully saturated rings. The van der Waals surface area contributed by atoms with Crippen LogP contribution in [0.25, 0.3) is 0 Å². The van der Waals surface area contributed by atoms with Gasteiger partial charge >= 0.3 is 0 Å². The monoisotopic (exact) mass is 292 g/mol. The first kappa shape index (κ1) is 15.9. The van der Waals surface area contributed by atoms with Crippen molar-refractivity contribution >= 4 is 5.91 Å². The molecule has 1 aromatic carbocycles. The molecule has 2 atom stereocenters. The molecule has 21 heavy (non-hydrogen) atoms. The molecule has 0 saturated carbocycles. The Labute approximate surface area is 125 Å². The minimum atomic E-state index is -0.166. The van der Waals surface area contributed by atoms with Crippen molar-refractivity contribution in [2.75, 3.05) is 32.9 Å². The van der Waals surface area contributed by atoms with Crippen LogP contribution in [0.5, 0.6) is 0 Å². The summed E-state index contributed by atoms with van der Waals surface area (Å²) in [4.78, 5) is 14.4. The van der Waals surface area contributed by atoms with Crippen LogP contribution in [0.3, 0.4) is 0 Å². The van der Waals surface area contributed by atoms with E-state index in [0.717, 1.165) is 12.1 Å². The quantitative estimate of drug-likeness (QED) is 0.774. The predicted molar refractivity (Wildman–Crippen MR) is 80.7 cm³/mol. The molecule has 1 aliphatic rings. The van der Waals surface area contributed by atoms with Crippen LogP contribution in [-0.2, 0) is 16.1 Å². The number of benzene rings is 1. The van der Waals surface area contributed by atoms with Crippen LogP contribution in [0.4, 0.5) is 0 Å². The van der Waals surface area contributed by atoms with Crippen LogP contribution in [0, 0.1) is 5.92 Å². The van der Waals surface area contributed by atoms with E-state index >= 15 is 0 Å². The number of amides is 1. The average molecular weight is 292 g/mol. The SMILES string of the molecule is CCNC1COCC1C(=O)N(CCO)Cc1ccccc1. The summed E-state index contributed by atoms with van der Waals surface area (Å²) in [6.07, 6.45) is 0. The van der Waals surface area contributed by atoms with Crippen LogP contribution in [0.2, 0.25) is 0 Å². The van der Waals surface area contributed by atoms with Crippen LogP contribution < -0.4 is 5.32 Å². The second kappa shape index (κ2) is 8.12. The summed E-state index contributed by atoms with van der Waals surface area (Å²) in [6, 6.07) is 9.91. The number of aliphatic hydroxyl groups is 1. The fraction of sp³-hybridized carbons (Fsp3) is 0.562. The smallest absolute Gasteiger partial charge is 0.230 e. The number of ether oxygens (including phenoxy) is 1. The Bertz CT molecular complexity index is 438. The van der Waals surface area contributed by atoms with E-state index in [4.69, 9.17) is 4.74 Å². The van der Waals surface area contributed by atoms with Gasteiger partial charge in [0, 0.05) is 19.1 Å². The number of carbonyl (C=O) groups excluding carboxylic acids is 1. The number of aliphatic hydroxyl groups excluding tert-OH is 1. The molecule has 5 nitrogen and oxygen atoms in total. The number of hydrogen-bond donors (Lipinski definition) is 2. The Hall–Kier alpha value is -1.43. The van der Waals surface area contributed by atoms with Gasteiger partial charge in [0.25, 0.3) is 0 Å². The molecular weight excluding hydrogens is 268 g/mol. The minimum Gasteiger partial charge on any atom is -0.395 e. The van der Waals surface area contributed by atoms with Gasteiger partial charge in [0.1, 0.15) is 0 Å². The van der Waals surface area contributed by atoms with E-state index in [0.29, 0.717) is 26.3 Å². The molecule has 1 aromatic rings. The molecule has 1 aliphatic heterocycles. The summed E-state index contributed by atoms with van der Waals surface area (Å²) in [5.41, 5.74) is 1.07. The fourth-order valence-corrected chi connectivity index (χ4v) is 2.69. The topological polar surface area (TPSA) is 61.8 Å². The van der Waals surface area contributed by atoms with E-state index in [-0.39, 0.29) is 24.5 Å². The van der Waals surface area contributed by atoms with Gasteiger partial charge in [0.2, 0.25) is 5.91 Å². The summed E-state index contributed by atoms with van der Waals surface area (Å²) in [6.45, 7) is 4.71. The molecule has 1 heterocycles. The van der Waals surface area contributed by atoms with Crippen molar-refractivity contribution in [2.45, 2.75) is 19.5 Å². The first-order valence-electron chi connectivity index (χ1n) is 7.51. The van der Waals surface area contributed by atoms with Gasteiger partial charge in [-0.05, 0) is 12.1 Å². The zero-order chi connectivity index (χ0) is 15.1. The largest absolute Gasteiger partial charge is 0.395 e. The lowest BCUT2D eigenvalue weighted by molar-refractivity contribution is -0.137. The molecule has 1 saturated heterocycles. The third-order valence-electron chi connectivity index (χ3n) is 3.76. The van der Waals surface area contributed by atoms with Crippen molar-refractivity contribution in [1.82, 2.24) is 10.2 Å². The van der Waals surface area contributed by atoms with Crippen LogP contribution >= 0.6 is 0 Å². The number of nitrogens with one attached hydrogen (secondary N) is 1. The van der Waals surface area contributed by atoms with Gasteiger partial charge in [-0.3, -0.25) is 4.79 Å². The molecule has 5 heteroatoms. The summed E-state index contributed by atoms with van der Waals surface area (Å²) in [5, 5.41) is 12.5. The highest BCUT2D eigenvalue weighted by Crippen LogP contribution is 2.18. The van der Waals surface area contributed by atoms with E-state index in [9.17, 15) is 9.90 Å². The van der Waals surface area contributed by atoms with Gasteiger partial charge in [0.15, 0.2) is 0 Å². The van der Waals surface area contributed by atoms with Gasteiger partial charge in [-0.1, -0.05) is 37.3 Å². The lowest BCUT2D eigenvalue weighted by Gasteiger charge is -2.27. The second-order valence-electron chi connectivity index (χ2n) is 5.28. The summed E-state index contributed by atoms with van der Waals surface area (Å²) in [7, 11) is 0. The Balaban J connectivity index is 2.04. The lowest BCUT2D eigenvalue weighted by Crippen LogP contribution is -2.46. The number of carbonyl (C=O) groups is 1. The normalized spacial score (nSPS) is 21.4. The van der Waals surface area contributed by atoms with Crippen molar-refractivity contribution in [3.05, 3.63) is 35.9 Å². The number of nitrogens with zero attached hydrogens (tertiary/aromatic N) is 1. The molecule has 0 radical (unpaired) electrons. The van der Waals surface area contributed by atoms with Gasteiger partial charge in [-0.25, -0.2) is 0 Å². The van der Waals surface area contributed by atoms with Crippen molar-refractivity contribution < 1.29 is 14.6 Å². The molecule has 0 aliphatic carbocycles. The zero-order valence-electron chi connectivity index (χ0n) is 12.5. The van der Waals surface area contributed by atoms with E-state index in [1.165, 1.54) is 0 Å². The van der Waals surface area contributed by atoms with Gasteiger partial charge in [-0.15, -0.1) is 0 Å². The first-order valence-corrected chi connectivity index (χ1v) is 7.51. The summed E-state index contributed by atoms with van der Waals surface area (Å²) < 4.78 is 5.45. The molecule has 2 rings (SSSR count). The molecule has 2 unspecified atom stereocenters. The first-order chi connectivity index (χ1) is 10.3. The lowest BCUT2D eigenvalue weighted by atomic mass is 10.0. The Morgan fingerprint density at radius 2 is 2.14 bits per heavy atom. The highest BCUT2D eigenvalue weighted by molar-refractivity contribution is 5.80. The van der Waals surface area contributed by atoms with Crippen LogP contribution in [-0.4, -0.2) is 54.9 Å². The van der Waals surface area contributed by atoms with Crippen molar-refractivity contribution in [3.63, 3.8) is 0 Å². The van der Waals surface area contributed by atoms with E-state index in [1.54, 1.807) is 4.90 Å². The maximum absolute atomic E-state index is 12.7. The molecule has 1 amide bonds. The standard InChI is InChI=1S/C16H24N2O3/c1-2-17-15-12-21-11-14(15)16(20)18(8-9-19)10-13-6-4-3-5-7-13/h3-7,14-15,17,19H,2,8-12H2,1H3. The van der Waals surface area contributed by atoms with Crippen LogP contribution in [0.1, 0.15) is 12.5 Å². The third-order valence-corrected chi connectivity index (χ3v) is 3.76. The van der Waals surface area contributed by atoms with Crippen LogP contribution in [0.15, 0.2) is 30.3 Å². The molecule has 0 spiro atoms. The average Bonchev–Trinajstić information content (AvgIpc) is 2.96. The zero-order valence-corrected chi connectivity index (χ0v) is 12.5. The molecule has 0 bridgehead atoms. The molecule has 2 N–H and O–H groups in total. The maximum Gasteiger partial charge on any atom is 0.230 e. The highest BCUT2D eigenvalue weighted by Gasteiger charge is 2.35. The number of hydrogen-bond acceptors (Lipinski definition) is 4. The van der Waals surface area contributed by atoms with E-state index < -0.39 is 0 Å². The third kappa shape index (κ3) is 4.27. The number of rotatable bonds is 7. The predicted octanol–water partition coefficient (Wildman–Crippen LogP) is 0.632. The maximum atomic E-state index is 12.7. The minimum absolute atomic E-state index is 0.0297.